The van der Waals surface area contributed by atoms with Gasteiger partial charge >= 0.3 is 0 Å². The van der Waals surface area contributed by atoms with Gasteiger partial charge in [0.2, 0.25) is 5.82 Å². The fourth-order valence-corrected chi connectivity index (χ4v) is 3.26. The van der Waals surface area contributed by atoms with E-state index in [1.165, 1.54) is 24.1 Å². The van der Waals surface area contributed by atoms with Crippen LogP contribution in [0.3, 0.4) is 0 Å². The van der Waals surface area contributed by atoms with Gasteiger partial charge in [-0.25, -0.2) is 8.78 Å². The summed E-state index contributed by atoms with van der Waals surface area (Å²) in [5.41, 5.74) is 2.05. The van der Waals surface area contributed by atoms with Gasteiger partial charge in [0.1, 0.15) is 12.4 Å². The lowest BCUT2D eigenvalue weighted by molar-refractivity contribution is 0.334. The maximum Gasteiger partial charge on any atom is 0.201 e. The van der Waals surface area contributed by atoms with E-state index in [0.29, 0.717) is 5.56 Å². The van der Waals surface area contributed by atoms with Crippen molar-refractivity contribution in [3.05, 3.63) is 78.1 Å². The molecule has 1 nitrogen and oxygen atoms in total. The van der Waals surface area contributed by atoms with Crippen LogP contribution in [0.2, 0.25) is 0 Å². The van der Waals surface area contributed by atoms with Crippen LogP contribution in [0.15, 0.2) is 55.1 Å². The van der Waals surface area contributed by atoms with Crippen LogP contribution in [0, 0.1) is 17.5 Å². The van der Waals surface area contributed by atoms with E-state index in [4.69, 9.17) is 4.74 Å². The number of halogens is 3. The number of ether oxygens (including phenoxy) is 1. The highest BCUT2D eigenvalue weighted by Gasteiger charge is 2.20. The SMILES string of the molecule is C=CCOc1cc2ccc(-c3ccc(CCCCC)cc3)c(F)c2c(F)c1F. The molecule has 0 aliphatic rings. The van der Waals surface area contributed by atoms with Gasteiger partial charge in [0.05, 0.1) is 5.39 Å². The number of aryl methyl sites for hydroxylation is 1. The molecule has 0 aliphatic carbocycles. The standard InChI is InChI=1S/C24H23F3O/c1-3-5-6-7-16-8-10-17(11-9-16)19-13-12-18-15-20(28-14-4-2)23(26)24(27)21(18)22(19)25/h4,8-13,15H,2-3,5-7,14H2,1H3. The third-order valence-corrected chi connectivity index (χ3v) is 4.78. The third kappa shape index (κ3) is 4.06. The van der Waals surface area contributed by atoms with Crippen molar-refractivity contribution in [2.45, 2.75) is 32.6 Å². The predicted molar refractivity (Wildman–Crippen MR) is 108 cm³/mol. The molecule has 0 aromatic heterocycles. The Balaban J connectivity index is 1.98. The van der Waals surface area contributed by atoms with Crippen molar-refractivity contribution < 1.29 is 17.9 Å². The smallest absolute Gasteiger partial charge is 0.201 e. The zero-order valence-electron chi connectivity index (χ0n) is 15.9. The van der Waals surface area contributed by atoms with E-state index in [-0.39, 0.29) is 28.7 Å². The van der Waals surface area contributed by atoms with Gasteiger partial charge in [-0.1, -0.05) is 68.8 Å². The van der Waals surface area contributed by atoms with Gasteiger partial charge in [-0.2, -0.15) is 4.39 Å². The van der Waals surface area contributed by atoms with Crippen LogP contribution in [0.25, 0.3) is 21.9 Å². The molecule has 3 aromatic rings. The molecule has 0 spiro atoms. The summed E-state index contributed by atoms with van der Waals surface area (Å²) in [6.45, 7) is 5.66. The second kappa shape index (κ2) is 8.96. The van der Waals surface area contributed by atoms with Crippen LogP contribution in [0.4, 0.5) is 13.2 Å². The van der Waals surface area contributed by atoms with Crippen molar-refractivity contribution in [2.24, 2.45) is 0 Å². The maximum atomic E-state index is 15.1. The Morgan fingerprint density at radius 1 is 0.929 bits per heavy atom. The lowest BCUT2D eigenvalue weighted by atomic mass is 9.97. The molecular weight excluding hydrogens is 361 g/mol. The van der Waals surface area contributed by atoms with Crippen molar-refractivity contribution >= 4 is 10.8 Å². The molecule has 0 aliphatic heterocycles. The molecule has 4 heteroatoms. The molecule has 0 saturated carbocycles. The molecule has 0 radical (unpaired) electrons. The second-order valence-electron chi connectivity index (χ2n) is 6.78. The van der Waals surface area contributed by atoms with Crippen molar-refractivity contribution in [3.8, 4) is 16.9 Å². The second-order valence-corrected chi connectivity index (χ2v) is 6.78. The highest BCUT2D eigenvalue weighted by Crippen LogP contribution is 2.35. The largest absolute Gasteiger partial charge is 0.486 e. The van der Waals surface area contributed by atoms with Crippen LogP contribution in [-0.4, -0.2) is 6.61 Å². The molecule has 0 atom stereocenters. The van der Waals surface area contributed by atoms with Crippen molar-refractivity contribution in [1.82, 2.24) is 0 Å². The monoisotopic (exact) mass is 384 g/mol. The summed E-state index contributed by atoms with van der Waals surface area (Å²) in [7, 11) is 0. The zero-order valence-corrected chi connectivity index (χ0v) is 15.9. The Kier molecular flexibility index (Phi) is 6.40. The molecule has 0 bridgehead atoms. The maximum absolute atomic E-state index is 15.1. The first kappa shape index (κ1) is 20.0. The summed E-state index contributed by atoms with van der Waals surface area (Å²) in [5.74, 6) is -3.47. The van der Waals surface area contributed by atoms with Crippen LogP contribution < -0.4 is 4.74 Å². The number of rotatable bonds is 8. The minimum Gasteiger partial charge on any atom is -0.486 e. The Morgan fingerprint density at radius 3 is 2.36 bits per heavy atom. The summed E-state index contributed by atoms with van der Waals surface area (Å²) in [6.07, 6.45) is 5.84. The number of unbranched alkanes of at least 4 members (excludes halogenated alkanes) is 2. The normalized spacial score (nSPS) is 11.0. The first-order valence-electron chi connectivity index (χ1n) is 9.50. The highest BCUT2D eigenvalue weighted by atomic mass is 19.2. The number of hydrogen-bond acceptors (Lipinski definition) is 1. The fraction of sp³-hybridized carbons (Fsp3) is 0.250. The quantitative estimate of drug-likeness (QED) is 0.294. The number of fused-ring (bicyclic) bond motifs is 1. The van der Waals surface area contributed by atoms with Gasteiger partial charge in [0.15, 0.2) is 11.6 Å². The molecule has 0 N–H and O–H groups in total. The lowest BCUT2D eigenvalue weighted by Crippen LogP contribution is -2.00. The summed E-state index contributed by atoms with van der Waals surface area (Å²) in [4.78, 5) is 0. The summed E-state index contributed by atoms with van der Waals surface area (Å²) in [6, 6.07) is 12.0. The molecular formula is C24H23F3O. The number of benzene rings is 3. The summed E-state index contributed by atoms with van der Waals surface area (Å²) < 4.78 is 49.0. The van der Waals surface area contributed by atoms with Gasteiger partial charge in [0, 0.05) is 5.56 Å². The molecule has 28 heavy (non-hydrogen) atoms. The molecule has 3 rings (SSSR count). The molecule has 0 fully saturated rings. The van der Waals surface area contributed by atoms with Crippen LogP contribution in [0.1, 0.15) is 31.7 Å². The minimum atomic E-state index is -1.24. The average molecular weight is 384 g/mol. The first-order valence-corrected chi connectivity index (χ1v) is 9.50. The number of hydrogen-bond donors (Lipinski definition) is 0. The van der Waals surface area contributed by atoms with Crippen LogP contribution in [0.5, 0.6) is 5.75 Å². The van der Waals surface area contributed by atoms with Gasteiger partial charge in [-0.3, -0.25) is 0 Å². The van der Waals surface area contributed by atoms with Gasteiger partial charge < -0.3 is 4.74 Å². The minimum absolute atomic E-state index is 0.0348. The Morgan fingerprint density at radius 2 is 1.68 bits per heavy atom. The van der Waals surface area contributed by atoms with Crippen LogP contribution in [-0.2, 0) is 6.42 Å². The third-order valence-electron chi connectivity index (χ3n) is 4.78. The van der Waals surface area contributed by atoms with Crippen molar-refractivity contribution in [3.63, 3.8) is 0 Å². The predicted octanol–water partition coefficient (Wildman–Crippen LogP) is 7.22. The van der Waals surface area contributed by atoms with E-state index in [9.17, 15) is 8.78 Å². The van der Waals surface area contributed by atoms with E-state index in [1.54, 1.807) is 12.1 Å². The molecule has 3 aromatic carbocycles. The first-order chi connectivity index (χ1) is 13.6. The average Bonchev–Trinajstić information content (AvgIpc) is 2.70. The van der Waals surface area contributed by atoms with E-state index in [0.717, 1.165) is 19.3 Å². The highest BCUT2D eigenvalue weighted by molar-refractivity contribution is 5.90. The van der Waals surface area contributed by atoms with Gasteiger partial charge in [-0.15, -0.1) is 0 Å². The van der Waals surface area contributed by atoms with Gasteiger partial charge in [0.25, 0.3) is 0 Å². The van der Waals surface area contributed by atoms with E-state index in [1.807, 2.05) is 24.3 Å². The van der Waals surface area contributed by atoms with Crippen molar-refractivity contribution in [1.29, 1.82) is 0 Å². The molecule has 0 amide bonds. The van der Waals surface area contributed by atoms with Crippen molar-refractivity contribution in [2.75, 3.05) is 6.61 Å². The molecule has 0 saturated heterocycles. The topological polar surface area (TPSA) is 9.23 Å². The van der Waals surface area contributed by atoms with E-state index in [2.05, 4.69) is 13.5 Å². The van der Waals surface area contributed by atoms with E-state index < -0.39 is 17.5 Å². The van der Waals surface area contributed by atoms with Gasteiger partial charge in [-0.05, 0) is 35.4 Å². The molecule has 0 heterocycles. The Labute approximate surface area is 163 Å². The van der Waals surface area contributed by atoms with Crippen LogP contribution >= 0.6 is 0 Å². The zero-order chi connectivity index (χ0) is 20.1. The summed E-state index contributed by atoms with van der Waals surface area (Å²) >= 11 is 0. The Bertz CT molecular complexity index is 978. The molecule has 146 valence electrons. The fourth-order valence-electron chi connectivity index (χ4n) is 3.26. The lowest BCUT2D eigenvalue weighted by Gasteiger charge is -2.12. The Hall–Kier alpha value is -2.75. The van der Waals surface area contributed by atoms with E-state index >= 15 is 4.39 Å². The molecule has 0 unspecified atom stereocenters. The summed E-state index contributed by atoms with van der Waals surface area (Å²) in [5, 5.41) is -0.122.